The van der Waals surface area contributed by atoms with Crippen molar-refractivity contribution in [2.24, 2.45) is 0 Å². The van der Waals surface area contributed by atoms with Crippen molar-refractivity contribution in [2.75, 3.05) is 0 Å². The molecule has 132 valence electrons. The first-order chi connectivity index (χ1) is 12.4. The van der Waals surface area contributed by atoms with Gasteiger partial charge in [-0.15, -0.1) is 11.8 Å². The van der Waals surface area contributed by atoms with Crippen LogP contribution in [0.15, 0.2) is 53.6 Å². The van der Waals surface area contributed by atoms with Crippen molar-refractivity contribution in [3.05, 3.63) is 76.7 Å². The number of carboxylic acid groups (broad SMARTS) is 1. The fourth-order valence-electron chi connectivity index (χ4n) is 2.46. The predicted octanol–water partition coefficient (Wildman–Crippen LogP) is 4.89. The van der Waals surface area contributed by atoms with Crippen molar-refractivity contribution in [1.29, 1.82) is 0 Å². The highest BCUT2D eigenvalue weighted by atomic mass is 32.2. The number of carbonyl (C=O) groups is 1. The van der Waals surface area contributed by atoms with E-state index >= 15 is 0 Å². The van der Waals surface area contributed by atoms with Gasteiger partial charge in [-0.25, -0.2) is 19.2 Å². The number of carboxylic acids is 1. The molecular formula is C20H17FN2O2S. The lowest BCUT2D eigenvalue weighted by atomic mass is 10.2. The van der Waals surface area contributed by atoms with Crippen LogP contribution in [0.2, 0.25) is 0 Å². The molecule has 26 heavy (non-hydrogen) atoms. The minimum Gasteiger partial charge on any atom is -0.478 e. The van der Waals surface area contributed by atoms with Crippen molar-refractivity contribution in [2.45, 2.75) is 24.6 Å². The summed E-state index contributed by atoms with van der Waals surface area (Å²) < 4.78 is 13.1. The molecule has 0 atom stereocenters. The summed E-state index contributed by atoms with van der Waals surface area (Å²) in [5, 5.41) is 9.94. The first-order valence-electron chi connectivity index (χ1n) is 8.00. The zero-order valence-electron chi connectivity index (χ0n) is 14.4. The van der Waals surface area contributed by atoms with Gasteiger partial charge < -0.3 is 5.11 Å². The summed E-state index contributed by atoms with van der Waals surface area (Å²) in [4.78, 5) is 20.4. The molecule has 0 saturated carbocycles. The van der Waals surface area contributed by atoms with E-state index in [2.05, 4.69) is 9.97 Å². The Hall–Kier alpha value is -2.73. The monoisotopic (exact) mass is 368 g/mol. The van der Waals surface area contributed by atoms with Crippen LogP contribution in [0.25, 0.3) is 11.4 Å². The standard InChI is InChI=1S/C20H17FN2O2S/c1-12-3-5-14(6-4-12)11-26-19-17(20(24)25)13(2)22-18(23-19)15-7-9-16(21)10-8-15/h3-10H,11H2,1-2H3,(H,24,25). The summed E-state index contributed by atoms with van der Waals surface area (Å²) in [6.45, 7) is 3.66. The Bertz CT molecular complexity index is 941. The molecule has 1 aromatic heterocycles. The van der Waals surface area contributed by atoms with Gasteiger partial charge in [-0.05, 0) is 43.7 Å². The van der Waals surface area contributed by atoms with Gasteiger partial charge in [0.25, 0.3) is 0 Å². The third kappa shape index (κ3) is 4.08. The lowest BCUT2D eigenvalue weighted by Crippen LogP contribution is -2.08. The molecule has 0 aliphatic heterocycles. The molecule has 0 spiro atoms. The van der Waals surface area contributed by atoms with E-state index in [-0.39, 0.29) is 11.4 Å². The second kappa shape index (κ2) is 7.66. The molecule has 3 rings (SSSR count). The zero-order valence-corrected chi connectivity index (χ0v) is 15.2. The summed E-state index contributed by atoms with van der Waals surface area (Å²) in [5.41, 5.74) is 3.38. The molecular weight excluding hydrogens is 351 g/mol. The summed E-state index contributed by atoms with van der Waals surface area (Å²) >= 11 is 1.35. The Morgan fingerprint density at radius 3 is 2.31 bits per heavy atom. The average molecular weight is 368 g/mol. The molecule has 0 unspecified atom stereocenters. The highest BCUT2D eigenvalue weighted by molar-refractivity contribution is 7.98. The van der Waals surface area contributed by atoms with Gasteiger partial charge in [0.1, 0.15) is 16.4 Å². The van der Waals surface area contributed by atoms with Gasteiger partial charge in [-0.2, -0.15) is 0 Å². The fraction of sp³-hybridized carbons (Fsp3) is 0.150. The zero-order chi connectivity index (χ0) is 18.7. The van der Waals surface area contributed by atoms with E-state index in [1.54, 1.807) is 19.1 Å². The first-order valence-corrected chi connectivity index (χ1v) is 8.99. The Morgan fingerprint density at radius 2 is 1.69 bits per heavy atom. The van der Waals surface area contributed by atoms with Crippen LogP contribution in [-0.2, 0) is 5.75 Å². The van der Waals surface area contributed by atoms with Crippen LogP contribution in [0.1, 0.15) is 27.2 Å². The van der Waals surface area contributed by atoms with Crippen molar-refractivity contribution >= 4 is 17.7 Å². The quantitative estimate of drug-likeness (QED) is 0.513. The van der Waals surface area contributed by atoms with Gasteiger partial charge >= 0.3 is 5.97 Å². The van der Waals surface area contributed by atoms with Gasteiger partial charge in [0.15, 0.2) is 5.82 Å². The molecule has 0 bridgehead atoms. The summed E-state index contributed by atoms with van der Waals surface area (Å²) in [6, 6.07) is 13.9. The average Bonchev–Trinajstić information content (AvgIpc) is 2.61. The van der Waals surface area contributed by atoms with Gasteiger partial charge in [-0.1, -0.05) is 29.8 Å². The summed E-state index contributed by atoms with van der Waals surface area (Å²) in [5.74, 6) is -0.417. The van der Waals surface area contributed by atoms with Crippen LogP contribution in [0.5, 0.6) is 0 Å². The van der Waals surface area contributed by atoms with Gasteiger partial charge in [-0.3, -0.25) is 0 Å². The number of aryl methyl sites for hydroxylation is 2. The molecule has 3 aromatic rings. The Labute approximate surface area is 155 Å². The van der Waals surface area contributed by atoms with E-state index in [4.69, 9.17) is 0 Å². The maximum absolute atomic E-state index is 13.1. The third-order valence-electron chi connectivity index (χ3n) is 3.87. The van der Waals surface area contributed by atoms with Crippen LogP contribution in [0.4, 0.5) is 4.39 Å². The Kier molecular flexibility index (Phi) is 5.32. The molecule has 0 fully saturated rings. The number of nitrogens with zero attached hydrogens (tertiary/aromatic N) is 2. The smallest absolute Gasteiger partial charge is 0.340 e. The second-order valence-electron chi connectivity index (χ2n) is 5.90. The summed E-state index contributed by atoms with van der Waals surface area (Å²) in [7, 11) is 0. The van der Waals surface area contributed by atoms with Crippen molar-refractivity contribution in [3.8, 4) is 11.4 Å². The third-order valence-corrected chi connectivity index (χ3v) is 4.92. The van der Waals surface area contributed by atoms with Crippen molar-refractivity contribution < 1.29 is 14.3 Å². The topological polar surface area (TPSA) is 63.1 Å². The molecule has 0 aliphatic rings. The predicted molar refractivity (Wildman–Crippen MR) is 99.9 cm³/mol. The van der Waals surface area contributed by atoms with Crippen LogP contribution >= 0.6 is 11.8 Å². The first kappa shape index (κ1) is 18.1. The number of rotatable bonds is 5. The normalized spacial score (nSPS) is 10.7. The highest BCUT2D eigenvalue weighted by Crippen LogP contribution is 2.29. The van der Waals surface area contributed by atoms with E-state index < -0.39 is 5.97 Å². The lowest BCUT2D eigenvalue weighted by molar-refractivity contribution is 0.0690. The van der Waals surface area contributed by atoms with Crippen LogP contribution in [0, 0.1) is 19.7 Å². The molecule has 0 amide bonds. The second-order valence-corrected chi connectivity index (χ2v) is 6.86. The van der Waals surface area contributed by atoms with Gasteiger partial charge in [0.2, 0.25) is 0 Å². The number of aromatic nitrogens is 2. The fourth-order valence-corrected chi connectivity index (χ4v) is 3.49. The molecule has 0 aliphatic carbocycles. The summed E-state index contributed by atoms with van der Waals surface area (Å²) in [6.07, 6.45) is 0. The van der Waals surface area contributed by atoms with E-state index in [9.17, 15) is 14.3 Å². The molecule has 6 heteroatoms. The maximum Gasteiger partial charge on any atom is 0.340 e. The molecule has 0 radical (unpaired) electrons. The van der Waals surface area contributed by atoms with E-state index in [0.717, 1.165) is 5.56 Å². The number of halogens is 1. The Balaban J connectivity index is 1.96. The Morgan fingerprint density at radius 1 is 1.04 bits per heavy atom. The number of benzene rings is 2. The molecule has 4 nitrogen and oxygen atoms in total. The van der Waals surface area contributed by atoms with Crippen molar-refractivity contribution in [1.82, 2.24) is 9.97 Å². The number of hydrogen-bond donors (Lipinski definition) is 1. The van der Waals surface area contributed by atoms with Gasteiger partial charge in [0.05, 0.1) is 5.69 Å². The SMILES string of the molecule is Cc1ccc(CSc2nc(-c3ccc(F)cc3)nc(C)c2C(=O)O)cc1. The highest BCUT2D eigenvalue weighted by Gasteiger charge is 2.19. The van der Waals surface area contributed by atoms with Gasteiger partial charge in [0, 0.05) is 11.3 Å². The van der Waals surface area contributed by atoms with E-state index in [1.165, 1.54) is 29.5 Å². The van der Waals surface area contributed by atoms with E-state index in [0.29, 0.717) is 27.9 Å². The molecule has 0 saturated heterocycles. The number of aromatic carboxylic acids is 1. The minimum atomic E-state index is -1.06. The van der Waals surface area contributed by atoms with Crippen LogP contribution < -0.4 is 0 Å². The number of hydrogen-bond acceptors (Lipinski definition) is 4. The maximum atomic E-state index is 13.1. The van der Waals surface area contributed by atoms with Crippen LogP contribution in [0.3, 0.4) is 0 Å². The molecule has 2 aromatic carbocycles. The molecule has 1 N–H and O–H groups in total. The van der Waals surface area contributed by atoms with Crippen molar-refractivity contribution in [3.63, 3.8) is 0 Å². The minimum absolute atomic E-state index is 0.105. The largest absolute Gasteiger partial charge is 0.478 e. The lowest BCUT2D eigenvalue weighted by Gasteiger charge is -2.10. The number of thioether (sulfide) groups is 1. The van der Waals surface area contributed by atoms with E-state index in [1.807, 2.05) is 31.2 Å². The van der Waals surface area contributed by atoms with Crippen LogP contribution in [-0.4, -0.2) is 21.0 Å². The molecule has 1 heterocycles.